The second kappa shape index (κ2) is 7.31. The summed E-state index contributed by atoms with van der Waals surface area (Å²) in [4.78, 5) is 9.58. The molecule has 2 nitrogen and oxygen atoms in total. The summed E-state index contributed by atoms with van der Waals surface area (Å²) in [7, 11) is 0. The van der Waals surface area contributed by atoms with Crippen LogP contribution in [0.2, 0.25) is 0 Å². The number of carbonyl (C=O) groups excluding carboxylic acids is 1. The molecule has 0 saturated carbocycles. The Kier molecular flexibility index (Phi) is 6.07. The van der Waals surface area contributed by atoms with E-state index in [0.717, 1.165) is 0 Å². The fraction of sp³-hybridized carbons (Fsp3) is 0.125. The lowest BCUT2D eigenvalue weighted by Crippen LogP contribution is -1.68. The Morgan fingerprint density at radius 2 is 1.90 bits per heavy atom. The number of hydrogen-bond donors (Lipinski definition) is 1. The Labute approximate surface area is 59.2 Å². The molecule has 0 amide bonds. The quantitative estimate of drug-likeness (QED) is 0.345. The maximum absolute atomic E-state index is 9.58. The molecule has 0 atom stereocenters. The van der Waals surface area contributed by atoms with E-state index in [-0.39, 0.29) is 6.61 Å². The molecule has 0 aliphatic heterocycles. The second-order valence-electron chi connectivity index (χ2n) is 1.10. The standard InChI is InChI=1S/C8H4O2/c9-7-5-3-1-2-4-6-8-10/h7,10H,8H2. The van der Waals surface area contributed by atoms with E-state index < -0.39 is 0 Å². The third-order valence-corrected chi connectivity index (χ3v) is 0.486. The molecule has 1 N–H and O–H groups in total. The Bertz CT molecular complexity index is 270. The highest BCUT2D eigenvalue weighted by Gasteiger charge is 1.57. The summed E-state index contributed by atoms with van der Waals surface area (Å²) in [6.45, 7) is -0.213. The largest absolute Gasteiger partial charge is 0.384 e. The van der Waals surface area contributed by atoms with Crippen molar-refractivity contribution in [2.24, 2.45) is 0 Å². The molecule has 0 aromatic heterocycles. The predicted octanol–water partition coefficient (Wildman–Crippen LogP) is -0.812. The summed E-state index contributed by atoms with van der Waals surface area (Å²) in [6, 6.07) is 0. The van der Waals surface area contributed by atoms with E-state index in [0.29, 0.717) is 6.29 Å². The van der Waals surface area contributed by atoms with Gasteiger partial charge in [-0.25, -0.2) is 0 Å². The zero-order chi connectivity index (χ0) is 7.66. The van der Waals surface area contributed by atoms with Gasteiger partial charge in [0.15, 0.2) is 6.29 Å². The predicted molar refractivity (Wildman–Crippen MR) is 36.5 cm³/mol. The maximum Gasteiger partial charge on any atom is 0.193 e. The molecule has 0 fully saturated rings. The van der Waals surface area contributed by atoms with Crippen molar-refractivity contribution in [3.8, 4) is 35.5 Å². The van der Waals surface area contributed by atoms with Gasteiger partial charge in [-0.1, -0.05) is 5.92 Å². The first kappa shape index (κ1) is 8.31. The van der Waals surface area contributed by atoms with Crippen LogP contribution in [0.3, 0.4) is 0 Å². The summed E-state index contributed by atoms with van der Waals surface area (Å²) in [5.74, 6) is 13.5. The van der Waals surface area contributed by atoms with Crippen LogP contribution in [0.15, 0.2) is 0 Å². The third-order valence-electron chi connectivity index (χ3n) is 0.486. The van der Waals surface area contributed by atoms with Crippen LogP contribution in [0.25, 0.3) is 0 Å². The first-order valence-corrected chi connectivity index (χ1v) is 2.44. The molecule has 10 heavy (non-hydrogen) atoms. The number of aliphatic hydroxyl groups is 1. The third kappa shape index (κ3) is 6.31. The fourth-order valence-corrected chi connectivity index (χ4v) is 0.212. The normalized spacial score (nSPS) is 4.90. The average molecular weight is 132 g/mol. The van der Waals surface area contributed by atoms with Crippen LogP contribution in [0, 0.1) is 35.5 Å². The first-order chi connectivity index (χ1) is 4.91. The van der Waals surface area contributed by atoms with Gasteiger partial charge in [0.25, 0.3) is 0 Å². The number of aldehydes is 1. The van der Waals surface area contributed by atoms with Crippen LogP contribution < -0.4 is 0 Å². The van der Waals surface area contributed by atoms with Crippen molar-refractivity contribution in [1.29, 1.82) is 0 Å². The molecule has 0 radical (unpaired) electrons. The lowest BCUT2D eigenvalue weighted by atomic mass is 10.5. The molecule has 0 bridgehead atoms. The molecule has 0 aromatic carbocycles. The molecule has 0 spiro atoms. The van der Waals surface area contributed by atoms with Crippen molar-refractivity contribution >= 4 is 6.29 Å². The fourth-order valence-electron chi connectivity index (χ4n) is 0.212. The van der Waals surface area contributed by atoms with Gasteiger partial charge in [-0.05, 0) is 29.6 Å². The molecule has 0 saturated heterocycles. The monoisotopic (exact) mass is 132 g/mol. The number of rotatable bonds is 0. The number of carbonyl (C=O) groups is 1. The summed E-state index contributed by atoms with van der Waals surface area (Å²) < 4.78 is 0. The summed E-state index contributed by atoms with van der Waals surface area (Å²) in [6.07, 6.45) is 0.453. The molecule has 0 rings (SSSR count). The molecule has 0 aliphatic rings. The number of hydrogen-bond acceptors (Lipinski definition) is 2. The lowest BCUT2D eigenvalue weighted by molar-refractivity contribution is -0.103. The highest BCUT2D eigenvalue weighted by molar-refractivity contribution is 5.73. The lowest BCUT2D eigenvalue weighted by Gasteiger charge is -1.61. The van der Waals surface area contributed by atoms with Crippen LogP contribution >= 0.6 is 0 Å². The van der Waals surface area contributed by atoms with E-state index in [2.05, 4.69) is 35.5 Å². The van der Waals surface area contributed by atoms with E-state index in [1.165, 1.54) is 0 Å². The SMILES string of the molecule is O=CC#CC#CC#CCO. The van der Waals surface area contributed by atoms with Crippen molar-refractivity contribution < 1.29 is 9.90 Å². The first-order valence-electron chi connectivity index (χ1n) is 2.44. The minimum Gasteiger partial charge on any atom is -0.384 e. The summed E-state index contributed by atoms with van der Waals surface area (Å²) >= 11 is 0. The van der Waals surface area contributed by atoms with Crippen molar-refractivity contribution in [3.05, 3.63) is 0 Å². The van der Waals surface area contributed by atoms with Gasteiger partial charge in [0.1, 0.15) is 6.61 Å². The van der Waals surface area contributed by atoms with Gasteiger partial charge in [-0.3, -0.25) is 4.79 Å². The molecule has 0 aliphatic carbocycles. The zero-order valence-electron chi connectivity index (χ0n) is 5.14. The van der Waals surface area contributed by atoms with E-state index in [1.54, 1.807) is 0 Å². The topological polar surface area (TPSA) is 37.3 Å². The van der Waals surface area contributed by atoms with Crippen LogP contribution in [0.1, 0.15) is 0 Å². The van der Waals surface area contributed by atoms with Gasteiger partial charge in [-0.2, -0.15) is 0 Å². The maximum atomic E-state index is 9.58. The average Bonchev–Trinajstić information content (AvgIpc) is 1.97. The molecular formula is C8H4O2. The molecule has 48 valence electrons. The van der Waals surface area contributed by atoms with Crippen LogP contribution in [0.5, 0.6) is 0 Å². The zero-order valence-corrected chi connectivity index (χ0v) is 5.14. The summed E-state index contributed by atoms with van der Waals surface area (Å²) in [5.41, 5.74) is 0. The molecular weight excluding hydrogens is 128 g/mol. The van der Waals surface area contributed by atoms with Gasteiger partial charge < -0.3 is 5.11 Å². The second-order valence-corrected chi connectivity index (χ2v) is 1.10. The minimum atomic E-state index is -0.213. The summed E-state index contributed by atoms with van der Waals surface area (Å²) in [5, 5.41) is 8.14. The van der Waals surface area contributed by atoms with Crippen molar-refractivity contribution in [2.75, 3.05) is 6.61 Å². The van der Waals surface area contributed by atoms with Crippen LogP contribution in [-0.2, 0) is 4.79 Å². The van der Waals surface area contributed by atoms with Crippen molar-refractivity contribution in [2.45, 2.75) is 0 Å². The van der Waals surface area contributed by atoms with Crippen molar-refractivity contribution in [3.63, 3.8) is 0 Å². The van der Waals surface area contributed by atoms with Gasteiger partial charge in [0.05, 0.1) is 0 Å². The molecule has 0 unspecified atom stereocenters. The van der Waals surface area contributed by atoms with Gasteiger partial charge in [0, 0.05) is 0 Å². The number of aliphatic hydroxyl groups excluding tert-OH is 1. The molecule has 2 heteroatoms. The van der Waals surface area contributed by atoms with Gasteiger partial charge in [-0.15, -0.1) is 0 Å². The molecule has 0 aromatic rings. The smallest absolute Gasteiger partial charge is 0.193 e. The highest BCUT2D eigenvalue weighted by Crippen LogP contribution is 1.52. The Morgan fingerprint density at radius 1 is 1.20 bits per heavy atom. The van der Waals surface area contributed by atoms with Gasteiger partial charge >= 0.3 is 0 Å². The molecule has 0 heterocycles. The van der Waals surface area contributed by atoms with Crippen LogP contribution in [0.4, 0.5) is 0 Å². The van der Waals surface area contributed by atoms with Crippen LogP contribution in [-0.4, -0.2) is 18.0 Å². The Morgan fingerprint density at radius 3 is 2.50 bits per heavy atom. The minimum absolute atomic E-state index is 0.213. The van der Waals surface area contributed by atoms with E-state index in [1.807, 2.05) is 0 Å². The van der Waals surface area contributed by atoms with Gasteiger partial charge in [0.2, 0.25) is 0 Å². The Balaban J connectivity index is 3.81. The van der Waals surface area contributed by atoms with E-state index in [4.69, 9.17) is 5.11 Å². The Hall–Kier alpha value is -1.69. The highest BCUT2D eigenvalue weighted by atomic mass is 16.2. The van der Waals surface area contributed by atoms with Crippen molar-refractivity contribution in [1.82, 2.24) is 0 Å². The van der Waals surface area contributed by atoms with E-state index in [9.17, 15) is 4.79 Å². The van der Waals surface area contributed by atoms with E-state index >= 15 is 0 Å².